The van der Waals surface area contributed by atoms with Crippen molar-refractivity contribution >= 4 is 0 Å². The van der Waals surface area contributed by atoms with Gasteiger partial charge in [0.15, 0.2) is 0 Å². The lowest BCUT2D eigenvalue weighted by Gasteiger charge is -2.14. The number of aromatic hydroxyl groups is 1. The first-order chi connectivity index (χ1) is 8.16. The first kappa shape index (κ1) is 11.7. The summed E-state index contributed by atoms with van der Waals surface area (Å²) in [5, 5.41) is 9.54. The second-order valence-electron chi connectivity index (χ2n) is 4.45. The lowest BCUT2D eigenvalue weighted by molar-refractivity contribution is 0.403. The van der Waals surface area contributed by atoms with Crippen LogP contribution in [0.15, 0.2) is 48.5 Å². The molecule has 2 aromatic carbocycles. The van der Waals surface area contributed by atoms with Gasteiger partial charge in [-0.25, -0.2) is 0 Å². The average Bonchev–Trinajstić information content (AvgIpc) is 2.29. The lowest BCUT2D eigenvalue weighted by Crippen LogP contribution is -2.11. The molecule has 0 unspecified atom stereocenters. The van der Waals surface area contributed by atoms with E-state index < -0.39 is 0 Å². The third-order valence-corrected chi connectivity index (χ3v) is 2.66. The fraction of sp³-hybridized carbons (Fsp3) is 0.200. The van der Waals surface area contributed by atoms with Crippen LogP contribution in [0.3, 0.4) is 0 Å². The Morgan fingerprint density at radius 3 is 2.47 bits per heavy atom. The van der Waals surface area contributed by atoms with E-state index in [-0.39, 0.29) is 0 Å². The number of benzene rings is 2. The molecule has 0 radical (unpaired) electrons. The van der Waals surface area contributed by atoms with Gasteiger partial charge in [-0.1, -0.05) is 36.4 Å². The summed E-state index contributed by atoms with van der Waals surface area (Å²) in [6.07, 6.45) is 0. The van der Waals surface area contributed by atoms with Crippen LogP contribution in [0.25, 0.3) is 11.1 Å². The molecule has 2 nitrogen and oxygen atoms in total. The maximum Gasteiger partial charge on any atom is 0.116 e. The third kappa shape index (κ3) is 2.86. The van der Waals surface area contributed by atoms with E-state index in [9.17, 15) is 5.11 Å². The van der Waals surface area contributed by atoms with Crippen LogP contribution in [-0.2, 0) is 6.54 Å². The average molecular weight is 227 g/mol. The molecule has 0 aliphatic carbocycles. The molecular weight excluding hydrogens is 210 g/mol. The molecule has 0 bridgehead atoms. The molecule has 0 saturated carbocycles. The number of phenolic OH excluding ortho intramolecular Hbond substituents is 1. The van der Waals surface area contributed by atoms with Gasteiger partial charge in [0.05, 0.1) is 0 Å². The maximum atomic E-state index is 9.54. The maximum absolute atomic E-state index is 9.54. The first-order valence-electron chi connectivity index (χ1n) is 5.69. The van der Waals surface area contributed by atoms with Gasteiger partial charge in [-0.15, -0.1) is 0 Å². The van der Waals surface area contributed by atoms with Gasteiger partial charge >= 0.3 is 0 Å². The zero-order valence-electron chi connectivity index (χ0n) is 10.2. The highest BCUT2D eigenvalue weighted by Gasteiger charge is 2.05. The predicted molar refractivity (Wildman–Crippen MR) is 70.9 cm³/mol. The molecule has 0 atom stereocenters. The standard InChI is InChI=1S/C15H17NO/c1-16(2)11-13-6-3-4-9-15(13)12-7-5-8-14(17)10-12/h3-10,17H,11H2,1-2H3. The Hall–Kier alpha value is -1.80. The molecule has 0 amide bonds. The van der Waals surface area contributed by atoms with Crippen LogP contribution >= 0.6 is 0 Å². The topological polar surface area (TPSA) is 23.5 Å². The molecule has 0 spiro atoms. The number of hydrogen-bond acceptors (Lipinski definition) is 2. The molecule has 88 valence electrons. The predicted octanol–water partition coefficient (Wildman–Crippen LogP) is 3.12. The monoisotopic (exact) mass is 227 g/mol. The van der Waals surface area contributed by atoms with Crippen LogP contribution in [0.1, 0.15) is 5.56 Å². The number of rotatable bonds is 3. The first-order valence-corrected chi connectivity index (χ1v) is 5.69. The van der Waals surface area contributed by atoms with E-state index in [0.717, 1.165) is 12.1 Å². The molecule has 0 aliphatic rings. The number of nitrogens with zero attached hydrogens (tertiary/aromatic N) is 1. The Labute approximate surface area is 102 Å². The smallest absolute Gasteiger partial charge is 0.116 e. The van der Waals surface area contributed by atoms with E-state index in [1.807, 2.05) is 24.3 Å². The lowest BCUT2D eigenvalue weighted by atomic mass is 9.99. The third-order valence-electron chi connectivity index (χ3n) is 2.66. The van der Waals surface area contributed by atoms with Gasteiger partial charge in [-0.2, -0.15) is 0 Å². The molecule has 0 heterocycles. The molecule has 0 aromatic heterocycles. The van der Waals surface area contributed by atoms with Crippen LogP contribution in [0, 0.1) is 0 Å². The molecule has 2 heteroatoms. The van der Waals surface area contributed by atoms with Gasteiger partial charge in [-0.05, 0) is 42.9 Å². The normalized spacial score (nSPS) is 10.8. The van der Waals surface area contributed by atoms with Gasteiger partial charge in [-0.3, -0.25) is 0 Å². The summed E-state index contributed by atoms with van der Waals surface area (Å²) in [4.78, 5) is 2.14. The fourth-order valence-corrected chi connectivity index (χ4v) is 1.95. The molecule has 0 fully saturated rings. The van der Waals surface area contributed by atoms with Crippen molar-refractivity contribution in [3.05, 3.63) is 54.1 Å². The van der Waals surface area contributed by atoms with Gasteiger partial charge in [0.1, 0.15) is 5.75 Å². The summed E-state index contributed by atoms with van der Waals surface area (Å²) in [7, 11) is 4.11. The van der Waals surface area contributed by atoms with E-state index in [1.54, 1.807) is 12.1 Å². The Balaban J connectivity index is 2.44. The van der Waals surface area contributed by atoms with Crippen molar-refractivity contribution in [1.82, 2.24) is 4.90 Å². The largest absolute Gasteiger partial charge is 0.508 e. The van der Waals surface area contributed by atoms with Crippen molar-refractivity contribution in [2.45, 2.75) is 6.54 Å². The summed E-state index contributed by atoms with van der Waals surface area (Å²) >= 11 is 0. The van der Waals surface area contributed by atoms with E-state index in [0.29, 0.717) is 5.75 Å². The number of phenols is 1. The summed E-state index contributed by atoms with van der Waals surface area (Å²) in [5.74, 6) is 0.308. The summed E-state index contributed by atoms with van der Waals surface area (Å²) in [6.45, 7) is 0.895. The van der Waals surface area contributed by atoms with Crippen molar-refractivity contribution in [3.8, 4) is 16.9 Å². The van der Waals surface area contributed by atoms with Crippen LogP contribution in [0.5, 0.6) is 5.75 Å². The Morgan fingerprint density at radius 2 is 1.76 bits per heavy atom. The Bertz CT molecular complexity index is 506. The van der Waals surface area contributed by atoms with E-state index >= 15 is 0 Å². The SMILES string of the molecule is CN(C)Cc1ccccc1-c1cccc(O)c1. The van der Waals surface area contributed by atoms with Crippen LogP contribution in [0.4, 0.5) is 0 Å². The molecule has 2 rings (SSSR count). The highest BCUT2D eigenvalue weighted by molar-refractivity contribution is 5.68. The minimum atomic E-state index is 0.308. The molecule has 1 N–H and O–H groups in total. The number of hydrogen-bond donors (Lipinski definition) is 1. The van der Waals surface area contributed by atoms with Gasteiger partial charge in [0, 0.05) is 6.54 Å². The highest BCUT2D eigenvalue weighted by atomic mass is 16.3. The second kappa shape index (κ2) is 5.02. The fourth-order valence-electron chi connectivity index (χ4n) is 1.95. The zero-order valence-corrected chi connectivity index (χ0v) is 10.2. The summed E-state index contributed by atoms with van der Waals surface area (Å²) in [6, 6.07) is 15.7. The molecule has 2 aromatic rings. The molecule has 17 heavy (non-hydrogen) atoms. The van der Waals surface area contributed by atoms with Crippen molar-refractivity contribution in [2.24, 2.45) is 0 Å². The highest BCUT2D eigenvalue weighted by Crippen LogP contribution is 2.26. The quantitative estimate of drug-likeness (QED) is 0.870. The molecule has 0 aliphatic heterocycles. The summed E-state index contributed by atoms with van der Waals surface area (Å²) in [5.41, 5.74) is 3.50. The van der Waals surface area contributed by atoms with E-state index in [4.69, 9.17) is 0 Å². The van der Waals surface area contributed by atoms with Crippen LogP contribution in [0.2, 0.25) is 0 Å². The van der Waals surface area contributed by atoms with E-state index in [2.05, 4.69) is 31.1 Å². The van der Waals surface area contributed by atoms with Crippen molar-refractivity contribution < 1.29 is 5.11 Å². The summed E-state index contributed by atoms with van der Waals surface area (Å²) < 4.78 is 0. The van der Waals surface area contributed by atoms with Gasteiger partial charge in [0.2, 0.25) is 0 Å². The molecule has 0 saturated heterocycles. The van der Waals surface area contributed by atoms with Crippen molar-refractivity contribution in [3.63, 3.8) is 0 Å². The van der Waals surface area contributed by atoms with Gasteiger partial charge in [0.25, 0.3) is 0 Å². The zero-order chi connectivity index (χ0) is 12.3. The van der Waals surface area contributed by atoms with E-state index in [1.165, 1.54) is 11.1 Å². The molecular formula is C15H17NO. The van der Waals surface area contributed by atoms with Crippen molar-refractivity contribution in [2.75, 3.05) is 14.1 Å². The minimum absolute atomic E-state index is 0.308. The van der Waals surface area contributed by atoms with Crippen LogP contribution < -0.4 is 0 Å². The van der Waals surface area contributed by atoms with Crippen LogP contribution in [-0.4, -0.2) is 24.1 Å². The Kier molecular flexibility index (Phi) is 3.45. The van der Waals surface area contributed by atoms with Crippen molar-refractivity contribution in [1.29, 1.82) is 0 Å². The van der Waals surface area contributed by atoms with Gasteiger partial charge < -0.3 is 10.0 Å². The second-order valence-corrected chi connectivity index (χ2v) is 4.45. The minimum Gasteiger partial charge on any atom is -0.508 e. The Morgan fingerprint density at radius 1 is 1.00 bits per heavy atom.